The number of hydrogen-bond donors (Lipinski definition) is 2. The summed E-state index contributed by atoms with van der Waals surface area (Å²) in [7, 11) is 0. The van der Waals surface area contributed by atoms with Crippen LogP contribution in [0, 0.1) is 5.92 Å². The third kappa shape index (κ3) is 5.29. The van der Waals surface area contributed by atoms with Gasteiger partial charge >= 0.3 is 0 Å². The highest BCUT2D eigenvalue weighted by molar-refractivity contribution is 5.76. The highest BCUT2D eigenvalue weighted by atomic mass is 16.3. The van der Waals surface area contributed by atoms with Crippen molar-refractivity contribution < 1.29 is 9.90 Å². The number of nitrogens with zero attached hydrogens (tertiary/aromatic N) is 1. The molecule has 1 saturated carbocycles. The predicted molar refractivity (Wildman–Crippen MR) is 100 cm³/mol. The molecule has 2 N–H and O–H groups in total. The highest BCUT2D eigenvalue weighted by Crippen LogP contribution is 2.27. The van der Waals surface area contributed by atoms with Gasteiger partial charge in [0.05, 0.1) is 6.10 Å². The molecule has 138 valence electrons. The zero-order valence-electron chi connectivity index (χ0n) is 15.4. The van der Waals surface area contributed by atoms with E-state index in [0.29, 0.717) is 12.5 Å². The topological polar surface area (TPSA) is 52.6 Å². The minimum Gasteiger partial charge on any atom is -0.393 e. The van der Waals surface area contributed by atoms with E-state index in [1.54, 1.807) is 0 Å². The molecule has 25 heavy (non-hydrogen) atoms. The average Bonchev–Trinajstić information content (AvgIpc) is 2.60. The van der Waals surface area contributed by atoms with Crippen molar-refractivity contribution in [3.8, 4) is 0 Å². The minimum absolute atomic E-state index is 0.125. The van der Waals surface area contributed by atoms with E-state index in [1.165, 1.54) is 5.56 Å². The van der Waals surface area contributed by atoms with Crippen LogP contribution in [0.5, 0.6) is 0 Å². The van der Waals surface area contributed by atoms with E-state index in [4.69, 9.17) is 0 Å². The summed E-state index contributed by atoms with van der Waals surface area (Å²) in [4.78, 5) is 14.9. The number of hydrogen-bond acceptors (Lipinski definition) is 3. The summed E-state index contributed by atoms with van der Waals surface area (Å²) in [5, 5.41) is 13.3. The maximum Gasteiger partial charge on any atom is 0.220 e. The van der Waals surface area contributed by atoms with E-state index in [0.717, 1.165) is 51.6 Å². The van der Waals surface area contributed by atoms with Gasteiger partial charge in [-0.3, -0.25) is 9.69 Å². The Labute approximate surface area is 151 Å². The van der Waals surface area contributed by atoms with Crippen molar-refractivity contribution >= 4 is 5.91 Å². The SMILES string of the molecule is C[C@@H]1C[C@H](NC(=O)C[C@@H]2CCCC[C@H]2O)CCN1Cc1ccccc1. The molecular formula is C21H32N2O2. The highest BCUT2D eigenvalue weighted by Gasteiger charge is 2.29. The Hall–Kier alpha value is -1.39. The van der Waals surface area contributed by atoms with Crippen LogP contribution in [0.3, 0.4) is 0 Å². The van der Waals surface area contributed by atoms with Crippen molar-refractivity contribution in [3.63, 3.8) is 0 Å². The molecule has 4 heteroatoms. The second kappa shape index (κ2) is 8.81. The number of aliphatic hydroxyl groups is 1. The first-order valence-corrected chi connectivity index (χ1v) is 9.87. The first kappa shape index (κ1) is 18.4. The molecule has 3 rings (SSSR count). The lowest BCUT2D eigenvalue weighted by atomic mass is 9.84. The van der Waals surface area contributed by atoms with E-state index in [-0.39, 0.29) is 24.0 Å². The fraction of sp³-hybridized carbons (Fsp3) is 0.667. The summed E-state index contributed by atoms with van der Waals surface area (Å²) < 4.78 is 0. The van der Waals surface area contributed by atoms with Gasteiger partial charge in [0.25, 0.3) is 0 Å². The van der Waals surface area contributed by atoms with Crippen LogP contribution >= 0.6 is 0 Å². The van der Waals surface area contributed by atoms with Crippen molar-refractivity contribution in [1.29, 1.82) is 0 Å². The zero-order chi connectivity index (χ0) is 17.6. The van der Waals surface area contributed by atoms with E-state index >= 15 is 0 Å². The van der Waals surface area contributed by atoms with E-state index in [2.05, 4.69) is 47.5 Å². The molecule has 2 aliphatic rings. The van der Waals surface area contributed by atoms with Gasteiger partial charge in [-0.1, -0.05) is 43.2 Å². The summed E-state index contributed by atoms with van der Waals surface area (Å²) in [5.74, 6) is 0.281. The molecule has 1 amide bonds. The lowest BCUT2D eigenvalue weighted by Crippen LogP contribution is -2.49. The number of likely N-dealkylation sites (tertiary alicyclic amines) is 1. The molecular weight excluding hydrogens is 312 g/mol. The lowest BCUT2D eigenvalue weighted by Gasteiger charge is -2.38. The number of rotatable bonds is 5. The predicted octanol–water partition coefficient (Wildman–Crippen LogP) is 3.10. The molecule has 1 aliphatic carbocycles. The fourth-order valence-electron chi connectivity index (χ4n) is 4.36. The maximum absolute atomic E-state index is 12.4. The molecule has 1 heterocycles. The summed E-state index contributed by atoms with van der Waals surface area (Å²) in [6.07, 6.45) is 6.29. The molecule has 4 atom stereocenters. The molecule has 0 unspecified atom stereocenters. The molecule has 1 saturated heterocycles. The second-order valence-corrected chi connectivity index (χ2v) is 7.91. The van der Waals surface area contributed by atoms with Crippen LogP contribution in [0.4, 0.5) is 0 Å². The van der Waals surface area contributed by atoms with Gasteiger partial charge in [-0.15, -0.1) is 0 Å². The monoisotopic (exact) mass is 344 g/mol. The maximum atomic E-state index is 12.4. The summed E-state index contributed by atoms with van der Waals surface area (Å²) >= 11 is 0. The standard InChI is InChI=1S/C21H32N2O2/c1-16-13-19(11-12-23(16)15-17-7-3-2-4-8-17)22-21(25)14-18-9-5-6-10-20(18)24/h2-4,7-8,16,18-20,24H,5-6,9-15H2,1H3,(H,22,25)/t16-,18+,19-,20-/m1/s1. The van der Waals surface area contributed by atoms with Crippen LogP contribution in [-0.4, -0.2) is 40.6 Å². The van der Waals surface area contributed by atoms with Gasteiger partial charge in [0.1, 0.15) is 0 Å². The normalized spacial score (nSPS) is 30.8. The van der Waals surface area contributed by atoms with Crippen molar-refractivity contribution in [2.45, 2.75) is 76.6 Å². The molecule has 4 nitrogen and oxygen atoms in total. The van der Waals surface area contributed by atoms with Crippen molar-refractivity contribution in [1.82, 2.24) is 10.2 Å². The smallest absolute Gasteiger partial charge is 0.220 e. The molecule has 2 fully saturated rings. The lowest BCUT2D eigenvalue weighted by molar-refractivity contribution is -0.124. The Morgan fingerprint density at radius 1 is 1.20 bits per heavy atom. The third-order valence-electron chi connectivity index (χ3n) is 5.92. The molecule has 1 aliphatic heterocycles. The van der Waals surface area contributed by atoms with Gasteiger partial charge in [-0.2, -0.15) is 0 Å². The van der Waals surface area contributed by atoms with Crippen LogP contribution in [0.1, 0.15) is 57.4 Å². The van der Waals surface area contributed by atoms with Gasteiger partial charge in [0.15, 0.2) is 0 Å². The molecule has 0 radical (unpaired) electrons. The number of benzene rings is 1. The average molecular weight is 344 g/mol. The fourth-order valence-corrected chi connectivity index (χ4v) is 4.36. The van der Waals surface area contributed by atoms with Crippen LogP contribution < -0.4 is 5.32 Å². The summed E-state index contributed by atoms with van der Waals surface area (Å²) in [6.45, 7) is 4.26. The van der Waals surface area contributed by atoms with Gasteiger partial charge in [-0.25, -0.2) is 0 Å². The zero-order valence-corrected chi connectivity index (χ0v) is 15.4. The van der Waals surface area contributed by atoms with Gasteiger partial charge in [0, 0.05) is 31.6 Å². The molecule has 0 aromatic heterocycles. The first-order chi connectivity index (χ1) is 12.1. The number of carbonyl (C=O) groups is 1. The van der Waals surface area contributed by atoms with Crippen molar-refractivity contribution in [3.05, 3.63) is 35.9 Å². The molecule has 1 aromatic carbocycles. The number of nitrogens with one attached hydrogen (secondary N) is 1. The molecule has 0 spiro atoms. The van der Waals surface area contributed by atoms with Crippen molar-refractivity contribution in [2.24, 2.45) is 5.92 Å². The summed E-state index contributed by atoms with van der Waals surface area (Å²) in [6, 6.07) is 11.3. The van der Waals surface area contributed by atoms with Crippen LogP contribution in [0.25, 0.3) is 0 Å². The van der Waals surface area contributed by atoms with Crippen LogP contribution in [-0.2, 0) is 11.3 Å². The Kier molecular flexibility index (Phi) is 6.49. The Bertz CT molecular complexity index is 548. The number of carbonyl (C=O) groups excluding carboxylic acids is 1. The largest absolute Gasteiger partial charge is 0.393 e. The Morgan fingerprint density at radius 2 is 1.96 bits per heavy atom. The second-order valence-electron chi connectivity index (χ2n) is 7.91. The van der Waals surface area contributed by atoms with Crippen LogP contribution in [0.2, 0.25) is 0 Å². The molecule has 0 bridgehead atoms. The summed E-state index contributed by atoms with van der Waals surface area (Å²) in [5.41, 5.74) is 1.35. The number of amides is 1. The van der Waals surface area contributed by atoms with E-state index in [9.17, 15) is 9.90 Å². The minimum atomic E-state index is -0.286. The Morgan fingerprint density at radius 3 is 2.68 bits per heavy atom. The third-order valence-corrected chi connectivity index (χ3v) is 5.92. The van der Waals surface area contributed by atoms with Gasteiger partial charge < -0.3 is 10.4 Å². The van der Waals surface area contributed by atoms with Gasteiger partial charge in [0.2, 0.25) is 5.91 Å². The van der Waals surface area contributed by atoms with Crippen LogP contribution in [0.15, 0.2) is 30.3 Å². The molecule has 1 aromatic rings. The van der Waals surface area contributed by atoms with Gasteiger partial charge in [-0.05, 0) is 44.1 Å². The Balaban J connectivity index is 1.43. The van der Waals surface area contributed by atoms with E-state index < -0.39 is 0 Å². The quantitative estimate of drug-likeness (QED) is 0.863. The number of piperidine rings is 1. The van der Waals surface area contributed by atoms with E-state index in [1.807, 2.05) is 0 Å². The number of aliphatic hydroxyl groups excluding tert-OH is 1. The first-order valence-electron chi connectivity index (χ1n) is 9.87. The van der Waals surface area contributed by atoms with Crippen molar-refractivity contribution in [2.75, 3.05) is 6.54 Å².